The molecular weight excluding hydrogens is 294 g/mol. The summed E-state index contributed by atoms with van der Waals surface area (Å²) in [5.41, 5.74) is 1.28. The molecule has 0 radical (unpaired) electrons. The van der Waals surface area contributed by atoms with Gasteiger partial charge in [-0.15, -0.1) is 5.10 Å². The highest BCUT2D eigenvalue weighted by molar-refractivity contribution is 6.02. The third-order valence-electron chi connectivity index (χ3n) is 3.93. The molecule has 0 aliphatic carbocycles. The fourth-order valence-corrected chi connectivity index (χ4v) is 2.54. The molecule has 2 aromatic rings. The number of aromatic nitrogens is 4. The van der Waals surface area contributed by atoms with Crippen molar-refractivity contribution in [2.75, 3.05) is 37.4 Å². The first kappa shape index (κ1) is 15.4. The summed E-state index contributed by atoms with van der Waals surface area (Å²) in [6.07, 6.45) is 5.41. The predicted octanol–water partition coefficient (Wildman–Crippen LogP) is 0.916. The molecule has 0 unspecified atom stereocenters. The van der Waals surface area contributed by atoms with E-state index in [0.717, 1.165) is 31.6 Å². The van der Waals surface area contributed by atoms with Crippen molar-refractivity contribution in [1.82, 2.24) is 25.3 Å². The van der Waals surface area contributed by atoms with Crippen LogP contribution in [0.25, 0.3) is 0 Å². The van der Waals surface area contributed by atoms with Crippen LogP contribution >= 0.6 is 0 Å². The van der Waals surface area contributed by atoms with Gasteiger partial charge in [-0.3, -0.25) is 4.79 Å². The SMILES string of the molecule is CN(C)c1ccc(NC(=O)c2cn(C3CCNCC3)nn2)nc1. The van der Waals surface area contributed by atoms with Gasteiger partial charge >= 0.3 is 0 Å². The van der Waals surface area contributed by atoms with Crippen LogP contribution in [-0.4, -0.2) is 53.1 Å². The van der Waals surface area contributed by atoms with Gasteiger partial charge in [-0.25, -0.2) is 9.67 Å². The fraction of sp³-hybridized carbons (Fsp3) is 0.467. The number of nitrogens with zero attached hydrogens (tertiary/aromatic N) is 5. The number of carbonyl (C=O) groups is 1. The van der Waals surface area contributed by atoms with E-state index in [4.69, 9.17) is 0 Å². The van der Waals surface area contributed by atoms with E-state index in [1.165, 1.54) is 0 Å². The standard InChI is InChI=1S/C15H21N7O/c1-21(2)12-3-4-14(17-9-12)18-15(23)13-10-22(20-19-13)11-5-7-16-8-6-11/h3-4,9-11,16H,5-8H2,1-2H3,(H,17,18,23). The van der Waals surface area contributed by atoms with Gasteiger partial charge in [0.1, 0.15) is 5.82 Å². The first-order valence-corrected chi connectivity index (χ1v) is 7.71. The molecule has 1 amide bonds. The lowest BCUT2D eigenvalue weighted by molar-refractivity contribution is 0.102. The van der Waals surface area contributed by atoms with Gasteiger partial charge in [-0.1, -0.05) is 5.21 Å². The van der Waals surface area contributed by atoms with E-state index in [2.05, 4.69) is 25.9 Å². The zero-order chi connectivity index (χ0) is 16.2. The van der Waals surface area contributed by atoms with Gasteiger partial charge in [0, 0.05) is 14.1 Å². The van der Waals surface area contributed by atoms with Crippen LogP contribution in [0.3, 0.4) is 0 Å². The van der Waals surface area contributed by atoms with E-state index in [9.17, 15) is 4.79 Å². The number of rotatable bonds is 4. The van der Waals surface area contributed by atoms with Crippen molar-refractivity contribution in [2.24, 2.45) is 0 Å². The third-order valence-corrected chi connectivity index (χ3v) is 3.93. The van der Waals surface area contributed by atoms with E-state index in [1.54, 1.807) is 23.1 Å². The Kier molecular flexibility index (Phi) is 4.52. The van der Waals surface area contributed by atoms with E-state index in [0.29, 0.717) is 17.6 Å². The maximum atomic E-state index is 12.2. The highest BCUT2D eigenvalue weighted by Gasteiger charge is 2.19. The number of hydrogen-bond donors (Lipinski definition) is 2. The molecule has 0 bridgehead atoms. The molecule has 1 aliphatic heterocycles. The minimum atomic E-state index is -0.296. The molecule has 3 heterocycles. The summed E-state index contributed by atoms with van der Waals surface area (Å²) >= 11 is 0. The van der Waals surface area contributed by atoms with Crippen molar-refractivity contribution >= 4 is 17.4 Å². The quantitative estimate of drug-likeness (QED) is 0.872. The molecular formula is C15H21N7O. The van der Waals surface area contributed by atoms with Crippen LogP contribution in [0.4, 0.5) is 11.5 Å². The Morgan fingerprint density at radius 3 is 2.78 bits per heavy atom. The summed E-state index contributed by atoms with van der Waals surface area (Å²) in [5.74, 6) is 0.201. The van der Waals surface area contributed by atoms with Crippen molar-refractivity contribution in [3.8, 4) is 0 Å². The molecule has 23 heavy (non-hydrogen) atoms. The normalized spacial score (nSPS) is 15.4. The molecule has 0 aromatic carbocycles. The molecule has 2 aromatic heterocycles. The highest BCUT2D eigenvalue weighted by atomic mass is 16.2. The summed E-state index contributed by atoms with van der Waals surface area (Å²) in [7, 11) is 3.88. The van der Waals surface area contributed by atoms with Gasteiger partial charge in [0.15, 0.2) is 5.69 Å². The Balaban J connectivity index is 1.65. The number of piperidine rings is 1. The zero-order valence-electron chi connectivity index (χ0n) is 13.4. The average molecular weight is 315 g/mol. The number of nitrogens with one attached hydrogen (secondary N) is 2. The number of carbonyl (C=O) groups excluding carboxylic acids is 1. The van der Waals surface area contributed by atoms with E-state index in [1.807, 2.05) is 25.1 Å². The highest BCUT2D eigenvalue weighted by Crippen LogP contribution is 2.17. The first-order valence-electron chi connectivity index (χ1n) is 7.71. The Labute approximate surface area is 134 Å². The molecule has 122 valence electrons. The van der Waals surface area contributed by atoms with Crippen molar-refractivity contribution in [2.45, 2.75) is 18.9 Å². The van der Waals surface area contributed by atoms with Gasteiger partial charge < -0.3 is 15.5 Å². The van der Waals surface area contributed by atoms with E-state index < -0.39 is 0 Å². The lowest BCUT2D eigenvalue weighted by atomic mass is 10.1. The second kappa shape index (κ2) is 6.74. The maximum absolute atomic E-state index is 12.2. The minimum Gasteiger partial charge on any atom is -0.376 e. The molecule has 0 atom stereocenters. The zero-order valence-corrected chi connectivity index (χ0v) is 13.4. The third kappa shape index (κ3) is 3.65. The largest absolute Gasteiger partial charge is 0.376 e. The van der Waals surface area contributed by atoms with Crippen LogP contribution in [0.2, 0.25) is 0 Å². The topological polar surface area (TPSA) is 88.0 Å². The average Bonchev–Trinajstić information content (AvgIpc) is 3.06. The number of amides is 1. The van der Waals surface area contributed by atoms with Crippen molar-refractivity contribution < 1.29 is 4.79 Å². The van der Waals surface area contributed by atoms with Gasteiger partial charge in [0.2, 0.25) is 0 Å². The maximum Gasteiger partial charge on any atom is 0.278 e. The van der Waals surface area contributed by atoms with Crippen LogP contribution in [0.1, 0.15) is 29.4 Å². The Morgan fingerprint density at radius 2 is 2.13 bits per heavy atom. The Bertz CT molecular complexity index is 659. The number of pyridine rings is 1. The number of anilines is 2. The summed E-state index contributed by atoms with van der Waals surface area (Å²) in [6, 6.07) is 3.97. The van der Waals surface area contributed by atoms with Crippen LogP contribution in [0.15, 0.2) is 24.5 Å². The fourth-order valence-electron chi connectivity index (χ4n) is 2.54. The van der Waals surface area contributed by atoms with E-state index in [-0.39, 0.29) is 5.91 Å². The molecule has 3 rings (SSSR count). The molecule has 1 aliphatic rings. The summed E-state index contributed by atoms with van der Waals surface area (Å²) in [5, 5.41) is 14.1. The smallest absolute Gasteiger partial charge is 0.278 e. The second-order valence-electron chi connectivity index (χ2n) is 5.82. The van der Waals surface area contributed by atoms with Crippen molar-refractivity contribution in [3.05, 3.63) is 30.2 Å². The van der Waals surface area contributed by atoms with Crippen LogP contribution in [0, 0.1) is 0 Å². The molecule has 0 spiro atoms. The lowest BCUT2D eigenvalue weighted by Gasteiger charge is -2.22. The number of hydrogen-bond acceptors (Lipinski definition) is 6. The van der Waals surface area contributed by atoms with Crippen LogP contribution in [0.5, 0.6) is 0 Å². The minimum absolute atomic E-state index is 0.296. The van der Waals surface area contributed by atoms with Gasteiger partial charge in [0.25, 0.3) is 5.91 Å². The first-order chi connectivity index (χ1) is 11.1. The second-order valence-corrected chi connectivity index (χ2v) is 5.82. The van der Waals surface area contributed by atoms with Crippen molar-refractivity contribution in [3.63, 3.8) is 0 Å². The van der Waals surface area contributed by atoms with Crippen molar-refractivity contribution in [1.29, 1.82) is 0 Å². The molecule has 1 saturated heterocycles. The monoisotopic (exact) mass is 315 g/mol. The van der Waals surface area contributed by atoms with Crippen LogP contribution in [-0.2, 0) is 0 Å². The lowest BCUT2D eigenvalue weighted by Crippen LogP contribution is -2.29. The van der Waals surface area contributed by atoms with E-state index >= 15 is 0 Å². The molecule has 2 N–H and O–H groups in total. The summed E-state index contributed by atoms with van der Waals surface area (Å²) in [4.78, 5) is 18.4. The Morgan fingerprint density at radius 1 is 1.35 bits per heavy atom. The molecule has 0 saturated carbocycles. The van der Waals surface area contributed by atoms with Gasteiger partial charge in [-0.05, 0) is 38.1 Å². The molecule has 8 heteroatoms. The van der Waals surface area contributed by atoms with Gasteiger partial charge in [-0.2, -0.15) is 0 Å². The van der Waals surface area contributed by atoms with Gasteiger partial charge in [0.05, 0.1) is 24.1 Å². The van der Waals surface area contributed by atoms with Crippen LogP contribution < -0.4 is 15.5 Å². The molecule has 8 nitrogen and oxygen atoms in total. The summed E-state index contributed by atoms with van der Waals surface area (Å²) < 4.78 is 1.79. The summed E-state index contributed by atoms with van der Waals surface area (Å²) in [6.45, 7) is 1.93. The predicted molar refractivity (Wildman–Crippen MR) is 87.7 cm³/mol. The Hall–Kier alpha value is -2.48. The molecule has 1 fully saturated rings.